The number of hydrogen-bond acceptors (Lipinski definition) is 6. The van der Waals surface area contributed by atoms with Gasteiger partial charge >= 0.3 is 6.16 Å². The molecule has 2 N–H and O–H groups in total. The van der Waals surface area contributed by atoms with E-state index in [4.69, 9.17) is 23.7 Å². The van der Waals surface area contributed by atoms with Crippen LogP contribution < -0.4 is 19.5 Å². The number of hydrogen-bond donors (Lipinski definition) is 2. The zero-order chi connectivity index (χ0) is 25.8. The Morgan fingerprint density at radius 2 is 1.81 bits per heavy atom. The summed E-state index contributed by atoms with van der Waals surface area (Å²) < 4.78 is 34.9. The fourth-order valence-electron chi connectivity index (χ4n) is 4.14. The number of halogens is 1. The van der Waals surface area contributed by atoms with Crippen LogP contribution in [0.2, 0.25) is 0 Å². The van der Waals surface area contributed by atoms with Gasteiger partial charge in [0.2, 0.25) is 11.7 Å². The molecular weight excluding hydrogens is 469 g/mol. The summed E-state index contributed by atoms with van der Waals surface area (Å²) in [4.78, 5) is 23.8. The Morgan fingerprint density at radius 3 is 2.42 bits per heavy atom. The summed E-state index contributed by atoms with van der Waals surface area (Å²) in [5.41, 5.74) is 4.35. The molecule has 3 aromatic rings. The summed E-state index contributed by atoms with van der Waals surface area (Å²) in [5.74, 6) is 0.265. The average molecular weight is 493 g/mol. The van der Waals surface area contributed by atoms with E-state index >= 15 is 0 Å². The van der Waals surface area contributed by atoms with Crippen LogP contribution in [0, 0.1) is 5.82 Å². The van der Waals surface area contributed by atoms with E-state index in [1.54, 1.807) is 30.3 Å². The highest BCUT2D eigenvalue weighted by molar-refractivity contribution is 6.08. The molecule has 1 aliphatic rings. The maximum atomic E-state index is 14.2. The van der Waals surface area contributed by atoms with Crippen LogP contribution in [0.4, 0.5) is 9.18 Å². The maximum Gasteiger partial charge on any atom is 0.511 e. The van der Waals surface area contributed by atoms with Crippen LogP contribution in [-0.2, 0) is 11.3 Å². The minimum absolute atomic E-state index is 0.0539. The van der Waals surface area contributed by atoms with Gasteiger partial charge in [0, 0.05) is 0 Å². The van der Waals surface area contributed by atoms with Gasteiger partial charge in [-0.3, -0.25) is 4.79 Å². The number of nitrogens with one attached hydrogen (secondary N) is 1. The summed E-state index contributed by atoms with van der Waals surface area (Å²) in [6, 6.07) is 11.2. The SMILES string of the molecule is COc1cc(/C=C2/C(C)=C(CC(=O)NCc3ccco3)c3cc(F)ccc32)cc(OC)c1OC(=O)O. The van der Waals surface area contributed by atoms with Crippen LogP contribution in [0.5, 0.6) is 17.2 Å². The lowest BCUT2D eigenvalue weighted by Crippen LogP contribution is -2.22. The molecule has 1 aromatic heterocycles. The molecular formula is C27H24FNO7. The lowest BCUT2D eigenvalue weighted by Gasteiger charge is -2.13. The first kappa shape index (κ1) is 24.6. The first-order valence-electron chi connectivity index (χ1n) is 11.0. The normalized spacial score (nSPS) is 13.5. The fourth-order valence-corrected chi connectivity index (χ4v) is 4.14. The maximum absolute atomic E-state index is 14.2. The summed E-state index contributed by atoms with van der Waals surface area (Å²) in [6.45, 7) is 2.12. The van der Waals surface area contributed by atoms with E-state index in [-0.39, 0.29) is 36.1 Å². The van der Waals surface area contributed by atoms with E-state index in [0.717, 1.165) is 16.7 Å². The molecule has 0 unspecified atom stereocenters. The molecule has 0 aliphatic heterocycles. The third-order valence-corrected chi connectivity index (χ3v) is 5.81. The first-order chi connectivity index (χ1) is 17.3. The largest absolute Gasteiger partial charge is 0.511 e. The van der Waals surface area contributed by atoms with Gasteiger partial charge in [0.25, 0.3) is 0 Å². The molecule has 9 heteroatoms. The molecule has 0 bridgehead atoms. The summed E-state index contributed by atoms with van der Waals surface area (Å²) in [5, 5.41) is 11.9. The number of fused-ring (bicyclic) bond motifs is 1. The molecule has 4 rings (SSSR count). The van der Waals surface area contributed by atoms with Gasteiger partial charge in [-0.2, -0.15) is 0 Å². The smallest absolute Gasteiger partial charge is 0.493 e. The number of carboxylic acid groups (broad SMARTS) is 1. The number of rotatable bonds is 8. The Hall–Kier alpha value is -4.53. The van der Waals surface area contributed by atoms with Crippen LogP contribution in [0.1, 0.15) is 35.8 Å². The molecule has 2 aromatic carbocycles. The second-order valence-corrected chi connectivity index (χ2v) is 8.01. The number of furan rings is 1. The van der Waals surface area contributed by atoms with Crippen LogP contribution in [0.15, 0.2) is 58.7 Å². The van der Waals surface area contributed by atoms with Crippen LogP contribution in [0.3, 0.4) is 0 Å². The predicted molar refractivity (Wildman–Crippen MR) is 130 cm³/mol. The van der Waals surface area contributed by atoms with Crippen molar-refractivity contribution in [2.75, 3.05) is 14.2 Å². The Balaban J connectivity index is 1.71. The number of benzene rings is 2. The lowest BCUT2D eigenvalue weighted by atomic mass is 10.00. The monoisotopic (exact) mass is 493 g/mol. The highest BCUT2D eigenvalue weighted by Gasteiger charge is 2.26. The van der Waals surface area contributed by atoms with Crippen molar-refractivity contribution >= 4 is 29.3 Å². The zero-order valence-electron chi connectivity index (χ0n) is 19.9. The molecule has 36 heavy (non-hydrogen) atoms. The number of carbonyl (C=O) groups is 2. The van der Waals surface area contributed by atoms with Crippen molar-refractivity contribution in [3.05, 3.63) is 82.6 Å². The third-order valence-electron chi connectivity index (χ3n) is 5.81. The molecule has 8 nitrogen and oxygen atoms in total. The van der Waals surface area contributed by atoms with E-state index < -0.39 is 12.0 Å². The Kier molecular flexibility index (Phi) is 7.10. The van der Waals surface area contributed by atoms with E-state index in [1.165, 1.54) is 32.6 Å². The number of allylic oxidation sites excluding steroid dienone is 2. The molecule has 0 saturated carbocycles. The van der Waals surface area contributed by atoms with E-state index in [2.05, 4.69) is 5.32 Å². The summed E-state index contributed by atoms with van der Waals surface area (Å²) >= 11 is 0. The van der Waals surface area contributed by atoms with E-state index in [0.29, 0.717) is 22.5 Å². The van der Waals surface area contributed by atoms with Crippen molar-refractivity contribution < 1.29 is 37.7 Å². The van der Waals surface area contributed by atoms with Crippen molar-refractivity contribution in [3.63, 3.8) is 0 Å². The fraction of sp³-hybridized carbons (Fsp3) is 0.185. The summed E-state index contributed by atoms with van der Waals surface area (Å²) in [7, 11) is 2.78. The number of amides is 1. The highest BCUT2D eigenvalue weighted by atomic mass is 19.1. The zero-order valence-corrected chi connectivity index (χ0v) is 19.9. The molecule has 1 amide bonds. The molecule has 1 heterocycles. The molecule has 0 atom stereocenters. The van der Waals surface area contributed by atoms with Crippen LogP contribution >= 0.6 is 0 Å². The molecule has 186 valence electrons. The Labute approximate surface area is 206 Å². The minimum atomic E-state index is -1.50. The molecule has 1 aliphatic carbocycles. The van der Waals surface area contributed by atoms with Crippen molar-refractivity contribution in [3.8, 4) is 17.2 Å². The van der Waals surface area contributed by atoms with Gasteiger partial charge in [0.05, 0.1) is 33.4 Å². The van der Waals surface area contributed by atoms with Crippen molar-refractivity contribution in [1.82, 2.24) is 5.32 Å². The van der Waals surface area contributed by atoms with Crippen molar-refractivity contribution in [1.29, 1.82) is 0 Å². The first-order valence-corrected chi connectivity index (χ1v) is 11.0. The van der Waals surface area contributed by atoms with Gasteiger partial charge in [-0.1, -0.05) is 6.07 Å². The standard InChI is InChI=1S/C27H24FNO7/c1-15-20(9-16-10-23(33-2)26(36-27(31)32)24(11-16)34-3)19-7-6-17(28)12-22(19)21(15)13-25(30)29-14-18-5-4-8-35-18/h4-12H,13-14H2,1-3H3,(H,29,30)(H,31,32)/b20-9-. The van der Waals surface area contributed by atoms with Crippen molar-refractivity contribution in [2.45, 2.75) is 19.9 Å². The quantitative estimate of drug-likeness (QED) is 0.314. The van der Waals surface area contributed by atoms with Gasteiger partial charge in [-0.05, 0) is 82.8 Å². The van der Waals surface area contributed by atoms with E-state index in [9.17, 15) is 14.0 Å². The molecule has 0 spiro atoms. The second kappa shape index (κ2) is 10.4. The Bertz CT molecular complexity index is 1350. The molecule has 0 radical (unpaired) electrons. The molecule has 0 fully saturated rings. The minimum Gasteiger partial charge on any atom is -0.493 e. The number of ether oxygens (including phenoxy) is 3. The number of methoxy groups -OCH3 is 2. The van der Waals surface area contributed by atoms with Gasteiger partial charge in [0.1, 0.15) is 11.6 Å². The average Bonchev–Trinajstić information content (AvgIpc) is 3.46. The van der Waals surface area contributed by atoms with Gasteiger partial charge in [-0.15, -0.1) is 0 Å². The van der Waals surface area contributed by atoms with E-state index in [1.807, 2.05) is 13.0 Å². The topological polar surface area (TPSA) is 107 Å². The lowest BCUT2D eigenvalue weighted by molar-refractivity contribution is -0.120. The van der Waals surface area contributed by atoms with Gasteiger partial charge in [0.15, 0.2) is 11.5 Å². The third kappa shape index (κ3) is 5.10. The summed E-state index contributed by atoms with van der Waals surface area (Å²) in [6.07, 6.45) is 1.93. The number of carbonyl (C=O) groups excluding carboxylic acids is 1. The van der Waals surface area contributed by atoms with Gasteiger partial charge in [-0.25, -0.2) is 9.18 Å². The van der Waals surface area contributed by atoms with Crippen LogP contribution in [0.25, 0.3) is 17.2 Å². The second-order valence-electron chi connectivity index (χ2n) is 8.01. The van der Waals surface area contributed by atoms with Crippen molar-refractivity contribution in [2.24, 2.45) is 0 Å². The van der Waals surface area contributed by atoms with Crippen LogP contribution in [-0.4, -0.2) is 31.4 Å². The molecule has 0 saturated heterocycles. The highest BCUT2D eigenvalue weighted by Crippen LogP contribution is 2.45. The Morgan fingerprint density at radius 1 is 1.08 bits per heavy atom. The van der Waals surface area contributed by atoms with Gasteiger partial charge < -0.3 is 29.1 Å². The predicted octanol–water partition coefficient (Wildman–Crippen LogP) is 5.53.